The maximum Gasteiger partial charge on any atom is 0.215 e. The zero-order chi connectivity index (χ0) is 7.89. The summed E-state index contributed by atoms with van der Waals surface area (Å²) in [5, 5.41) is 1.97. The molecule has 1 aliphatic heterocycles. The van der Waals surface area contributed by atoms with Crippen LogP contribution in [0.3, 0.4) is 0 Å². The smallest absolute Gasteiger partial charge is 0.215 e. The summed E-state index contributed by atoms with van der Waals surface area (Å²) in [5.74, 6) is 0. The molecule has 1 atom stereocenters. The molecular formula is C7H13BN2. The maximum absolute atomic E-state index is 5.72. The van der Waals surface area contributed by atoms with Crippen molar-refractivity contribution in [3.8, 4) is 0 Å². The van der Waals surface area contributed by atoms with Crippen LogP contribution in [-0.2, 0) is 0 Å². The second-order valence-electron chi connectivity index (χ2n) is 2.85. The van der Waals surface area contributed by atoms with E-state index in [1.54, 1.807) is 4.92 Å². The zero-order valence-electron chi connectivity index (χ0n) is 7.05. The molecule has 0 N–H and O–H groups in total. The Labute approximate surface area is 63.9 Å². The third-order valence-corrected chi connectivity index (χ3v) is 2.43. The molecule has 0 amide bonds. The van der Waals surface area contributed by atoms with Crippen LogP contribution in [0.25, 0.3) is 0 Å². The first-order valence-electron chi connectivity index (χ1n) is 3.50. The van der Waals surface area contributed by atoms with E-state index in [4.69, 9.17) is 7.98 Å². The van der Waals surface area contributed by atoms with Gasteiger partial charge in [0.2, 0.25) is 7.98 Å². The monoisotopic (exact) mass is 136 g/mol. The van der Waals surface area contributed by atoms with Crippen molar-refractivity contribution in [1.29, 1.82) is 0 Å². The second-order valence-corrected chi connectivity index (χ2v) is 2.85. The molecule has 0 aromatic rings. The van der Waals surface area contributed by atoms with Gasteiger partial charge in [-0.1, -0.05) is 0 Å². The number of hydrazine groups is 1. The Balaban J connectivity index is 2.88. The molecule has 2 nitrogen and oxygen atoms in total. The lowest BCUT2D eigenvalue weighted by molar-refractivity contribution is 0.147. The van der Waals surface area contributed by atoms with Crippen LogP contribution in [0, 0.1) is 0 Å². The molecule has 0 aromatic heterocycles. The molecule has 0 aromatic carbocycles. The van der Waals surface area contributed by atoms with E-state index in [9.17, 15) is 0 Å². The fraction of sp³-hybridized carbons (Fsp3) is 0.714. The highest BCUT2D eigenvalue weighted by atomic mass is 15.6. The molecule has 0 bridgehead atoms. The lowest BCUT2D eigenvalue weighted by atomic mass is 10.1. The van der Waals surface area contributed by atoms with Gasteiger partial charge in [-0.15, -0.1) is 0 Å². The zero-order valence-corrected chi connectivity index (χ0v) is 7.05. The van der Waals surface area contributed by atoms with Gasteiger partial charge in [-0.05, 0) is 26.3 Å². The van der Waals surface area contributed by atoms with Gasteiger partial charge in [0.25, 0.3) is 0 Å². The van der Waals surface area contributed by atoms with Crippen molar-refractivity contribution in [3.05, 3.63) is 11.3 Å². The fourth-order valence-electron chi connectivity index (χ4n) is 1.19. The lowest BCUT2D eigenvalue weighted by Gasteiger charge is -2.27. The summed E-state index contributed by atoms with van der Waals surface area (Å²) < 4.78 is 0. The Morgan fingerprint density at radius 2 is 1.90 bits per heavy atom. The second kappa shape index (κ2) is 2.31. The highest BCUT2D eigenvalue weighted by molar-refractivity contribution is 6.04. The number of allylic oxidation sites excluding steroid dienone is 1. The summed E-state index contributed by atoms with van der Waals surface area (Å²) >= 11 is 0. The van der Waals surface area contributed by atoms with Gasteiger partial charge in [-0.2, -0.15) is 0 Å². The summed E-state index contributed by atoms with van der Waals surface area (Å²) in [6.07, 6.45) is 0. The van der Waals surface area contributed by atoms with Crippen LogP contribution < -0.4 is 0 Å². The molecule has 0 aliphatic carbocycles. The minimum atomic E-state index is 0.352. The molecule has 3 heteroatoms. The molecule has 10 heavy (non-hydrogen) atoms. The first-order chi connectivity index (χ1) is 4.55. The molecular weight excluding hydrogens is 123 g/mol. The predicted octanol–water partition coefficient (Wildman–Crippen LogP) is 0.915. The average molecular weight is 136 g/mol. The molecule has 2 radical (unpaired) electrons. The number of hydrogen-bond acceptors (Lipinski definition) is 2. The summed E-state index contributed by atoms with van der Waals surface area (Å²) in [7, 11) is 7.69. The molecule has 1 unspecified atom stereocenters. The van der Waals surface area contributed by atoms with E-state index in [0.29, 0.717) is 6.04 Å². The Morgan fingerprint density at radius 3 is 2.00 bits per heavy atom. The topological polar surface area (TPSA) is 6.48 Å². The van der Waals surface area contributed by atoms with Gasteiger partial charge in [-0.25, -0.2) is 0 Å². The van der Waals surface area contributed by atoms with Crippen LogP contribution in [0.2, 0.25) is 0 Å². The Hall–Kier alpha value is -0.435. The van der Waals surface area contributed by atoms with Gasteiger partial charge in [0.1, 0.15) is 0 Å². The SMILES string of the molecule is [B]N1C(C)C(C)=C(C)N1C. The van der Waals surface area contributed by atoms with E-state index < -0.39 is 0 Å². The summed E-state index contributed by atoms with van der Waals surface area (Å²) in [5.41, 5.74) is 2.61. The van der Waals surface area contributed by atoms with Gasteiger partial charge in [0.15, 0.2) is 0 Å². The minimum absolute atomic E-state index is 0.352. The quantitative estimate of drug-likeness (QED) is 0.456. The van der Waals surface area contributed by atoms with Crippen LogP contribution in [0.1, 0.15) is 20.8 Å². The Bertz CT molecular complexity index is 158. The van der Waals surface area contributed by atoms with Crippen molar-refractivity contribution in [3.63, 3.8) is 0 Å². The van der Waals surface area contributed by atoms with Gasteiger partial charge in [0.05, 0.1) is 0 Å². The highest BCUT2D eigenvalue weighted by Gasteiger charge is 2.24. The molecule has 1 rings (SSSR count). The largest absolute Gasteiger partial charge is 0.325 e. The first-order valence-corrected chi connectivity index (χ1v) is 3.50. The third kappa shape index (κ3) is 0.852. The predicted molar refractivity (Wildman–Crippen MR) is 43.2 cm³/mol. The van der Waals surface area contributed by atoms with Crippen molar-refractivity contribution in [2.24, 2.45) is 0 Å². The van der Waals surface area contributed by atoms with E-state index in [0.717, 1.165) is 0 Å². The van der Waals surface area contributed by atoms with Crippen molar-refractivity contribution < 1.29 is 0 Å². The molecule has 0 saturated carbocycles. The van der Waals surface area contributed by atoms with Gasteiger partial charge in [0, 0.05) is 18.8 Å². The molecule has 1 aliphatic rings. The summed E-state index contributed by atoms with van der Waals surface area (Å²) in [6, 6.07) is 0.352. The Kier molecular flexibility index (Phi) is 1.77. The van der Waals surface area contributed by atoms with E-state index in [-0.39, 0.29) is 0 Å². The van der Waals surface area contributed by atoms with Crippen molar-refractivity contribution in [1.82, 2.24) is 9.93 Å². The third-order valence-electron chi connectivity index (χ3n) is 2.43. The van der Waals surface area contributed by atoms with Crippen molar-refractivity contribution in [2.45, 2.75) is 26.8 Å². The lowest BCUT2D eigenvalue weighted by Crippen LogP contribution is -2.36. The standard InChI is InChI=1S/C7H13BN2/c1-5-6(2)9(4)10(8)7(5)3/h7H,1-4H3. The maximum atomic E-state index is 5.72. The normalized spacial score (nSPS) is 28.4. The van der Waals surface area contributed by atoms with E-state index >= 15 is 0 Å². The molecule has 1 heterocycles. The van der Waals surface area contributed by atoms with E-state index in [1.165, 1.54) is 11.3 Å². The number of rotatable bonds is 0. The number of nitrogens with zero attached hydrogens (tertiary/aromatic N) is 2. The molecule has 54 valence electrons. The molecule has 0 fully saturated rings. The van der Waals surface area contributed by atoms with Crippen LogP contribution in [-0.4, -0.2) is 31.0 Å². The van der Waals surface area contributed by atoms with Crippen molar-refractivity contribution >= 4 is 7.98 Å². The van der Waals surface area contributed by atoms with Gasteiger partial charge >= 0.3 is 0 Å². The summed E-state index contributed by atoms with van der Waals surface area (Å²) in [4.78, 5) is 1.74. The van der Waals surface area contributed by atoms with Crippen LogP contribution in [0.4, 0.5) is 0 Å². The molecule has 0 saturated heterocycles. The first kappa shape index (κ1) is 7.67. The number of hydrogen-bond donors (Lipinski definition) is 0. The minimum Gasteiger partial charge on any atom is -0.325 e. The highest BCUT2D eigenvalue weighted by Crippen LogP contribution is 2.24. The van der Waals surface area contributed by atoms with E-state index in [1.807, 2.05) is 12.1 Å². The van der Waals surface area contributed by atoms with Gasteiger partial charge in [-0.3, -0.25) is 4.92 Å². The van der Waals surface area contributed by atoms with Crippen LogP contribution >= 0.6 is 0 Å². The van der Waals surface area contributed by atoms with Crippen LogP contribution in [0.5, 0.6) is 0 Å². The molecule has 0 spiro atoms. The van der Waals surface area contributed by atoms with Gasteiger partial charge < -0.3 is 5.01 Å². The fourth-order valence-corrected chi connectivity index (χ4v) is 1.19. The Morgan fingerprint density at radius 1 is 1.40 bits per heavy atom. The van der Waals surface area contributed by atoms with E-state index in [2.05, 4.69) is 20.8 Å². The van der Waals surface area contributed by atoms with Crippen LogP contribution in [0.15, 0.2) is 11.3 Å². The van der Waals surface area contributed by atoms with Crippen molar-refractivity contribution in [2.75, 3.05) is 7.05 Å². The average Bonchev–Trinajstić information content (AvgIpc) is 2.07. The summed E-state index contributed by atoms with van der Waals surface area (Å²) in [6.45, 7) is 6.30.